The lowest BCUT2D eigenvalue weighted by atomic mass is 9.98. The van der Waals surface area contributed by atoms with Crippen LogP contribution >= 0.6 is 0 Å². The van der Waals surface area contributed by atoms with Crippen molar-refractivity contribution in [3.05, 3.63) is 83.4 Å². The highest BCUT2D eigenvalue weighted by molar-refractivity contribution is 5.79. The number of methoxy groups -OCH3 is 1. The average molecular weight is 449 g/mol. The molecule has 0 spiro atoms. The van der Waals surface area contributed by atoms with Crippen molar-refractivity contribution >= 4 is 11.8 Å². The normalized spacial score (nSPS) is 14.2. The molecule has 7 nitrogen and oxygen atoms in total. The van der Waals surface area contributed by atoms with Crippen LogP contribution in [0.15, 0.2) is 66.7 Å². The third kappa shape index (κ3) is 4.79. The van der Waals surface area contributed by atoms with E-state index in [1.165, 1.54) is 18.2 Å². The number of rotatable bonds is 8. The number of hydrogen-bond acceptors (Lipinski definition) is 6. The first-order valence-corrected chi connectivity index (χ1v) is 10.9. The van der Waals surface area contributed by atoms with Crippen LogP contribution in [0.3, 0.4) is 0 Å². The quantitative estimate of drug-likeness (QED) is 0.392. The Morgan fingerprint density at radius 3 is 2.30 bits per heavy atom. The third-order valence-corrected chi connectivity index (χ3v) is 6.02. The summed E-state index contributed by atoms with van der Waals surface area (Å²) in [6, 6.07) is 21.1. The highest BCUT2D eigenvalue weighted by Gasteiger charge is 2.29. The van der Waals surface area contributed by atoms with Crippen molar-refractivity contribution in [2.24, 2.45) is 0 Å². The van der Waals surface area contributed by atoms with Gasteiger partial charge < -0.3 is 30.7 Å². The van der Waals surface area contributed by atoms with Crippen molar-refractivity contribution in [2.75, 3.05) is 26.0 Å². The zero-order valence-corrected chi connectivity index (χ0v) is 18.4. The number of amides is 1. The highest BCUT2D eigenvalue weighted by atomic mass is 16.5. The van der Waals surface area contributed by atoms with Gasteiger partial charge in [-0.1, -0.05) is 54.6 Å². The van der Waals surface area contributed by atoms with Crippen molar-refractivity contribution in [3.63, 3.8) is 0 Å². The van der Waals surface area contributed by atoms with E-state index in [-0.39, 0.29) is 25.5 Å². The lowest BCUT2D eigenvalue weighted by Crippen LogP contribution is -2.30. The van der Waals surface area contributed by atoms with Crippen LogP contribution in [0.5, 0.6) is 5.75 Å². The summed E-state index contributed by atoms with van der Waals surface area (Å²) in [7, 11) is 1.48. The minimum Gasteiger partial charge on any atom is -0.495 e. The lowest BCUT2D eigenvalue weighted by molar-refractivity contribution is 0.0136. The van der Waals surface area contributed by atoms with Crippen molar-refractivity contribution in [1.29, 1.82) is 0 Å². The summed E-state index contributed by atoms with van der Waals surface area (Å²) in [5.41, 5.74) is 11.3. The Balaban J connectivity index is 1.28. The maximum atomic E-state index is 12.3. The minimum atomic E-state index is -1.14. The molecule has 0 radical (unpaired) electrons. The Hall–Kier alpha value is -3.55. The molecule has 4 rings (SSSR count). The monoisotopic (exact) mass is 448 g/mol. The summed E-state index contributed by atoms with van der Waals surface area (Å²) in [5, 5.41) is 23.4. The van der Waals surface area contributed by atoms with Crippen molar-refractivity contribution in [2.45, 2.75) is 24.5 Å². The molecule has 0 aromatic heterocycles. The van der Waals surface area contributed by atoms with Crippen LogP contribution in [0.25, 0.3) is 11.1 Å². The number of aliphatic hydroxyl groups is 2. The highest BCUT2D eigenvalue weighted by Crippen LogP contribution is 2.44. The molecule has 172 valence electrons. The van der Waals surface area contributed by atoms with Gasteiger partial charge in [-0.15, -0.1) is 0 Å². The molecule has 2 unspecified atom stereocenters. The van der Waals surface area contributed by atoms with Gasteiger partial charge in [0.05, 0.1) is 18.9 Å². The van der Waals surface area contributed by atoms with Gasteiger partial charge >= 0.3 is 6.09 Å². The van der Waals surface area contributed by atoms with E-state index in [0.717, 1.165) is 11.1 Å². The number of alkyl carbamates (subject to hydrolysis) is 1. The van der Waals surface area contributed by atoms with Gasteiger partial charge in [-0.3, -0.25) is 0 Å². The molecule has 1 aliphatic carbocycles. The lowest BCUT2D eigenvalue weighted by Gasteiger charge is -2.19. The number of nitrogen functional groups attached to an aromatic ring is 1. The Bertz CT molecular complexity index is 1090. The average Bonchev–Trinajstić information content (AvgIpc) is 3.16. The maximum Gasteiger partial charge on any atom is 0.407 e. The summed E-state index contributed by atoms with van der Waals surface area (Å²) in [5.74, 6) is 0.409. The van der Waals surface area contributed by atoms with Crippen molar-refractivity contribution in [3.8, 4) is 16.9 Å². The summed E-state index contributed by atoms with van der Waals surface area (Å²) in [4.78, 5) is 12.3. The Morgan fingerprint density at radius 2 is 1.67 bits per heavy atom. The predicted molar refractivity (Wildman–Crippen MR) is 126 cm³/mol. The molecular weight excluding hydrogens is 420 g/mol. The number of anilines is 1. The summed E-state index contributed by atoms with van der Waals surface area (Å²) in [6.45, 7) is 0.372. The van der Waals surface area contributed by atoms with Crippen molar-refractivity contribution in [1.82, 2.24) is 5.32 Å². The Kier molecular flexibility index (Phi) is 6.82. The molecule has 5 N–H and O–H groups in total. The number of nitrogens with one attached hydrogen (secondary N) is 1. The SMILES string of the molecule is COc1cc(C(O)C(O)CCNC(=O)OCC2c3ccccc3-c3ccccc32)ccc1N. The third-order valence-electron chi connectivity index (χ3n) is 6.02. The number of hydrogen-bond donors (Lipinski definition) is 4. The summed E-state index contributed by atoms with van der Waals surface area (Å²) >= 11 is 0. The Morgan fingerprint density at radius 1 is 1.03 bits per heavy atom. The van der Waals surface area contributed by atoms with Crippen LogP contribution in [-0.2, 0) is 4.74 Å². The zero-order chi connectivity index (χ0) is 23.4. The van der Waals surface area contributed by atoms with Crippen LogP contribution in [0, 0.1) is 0 Å². The largest absolute Gasteiger partial charge is 0.495 e. The number of carbonyl (C=O) groups is 1. The zero-order valence-electron chi connectivity index (χ0n) is 18.4. The molecule has 33 heavy (non-hydrogen) atoms. The second-order valence-corrected chi connectivity index (χ2v) is 8.05. The Labute approximate surface area is 192 Å². The molecule has 0 fully saturated rings. The van der Waals surface area contributed by atoms with E-state index >= 15 is 0 Å². The van der Waals surface area contributed by atoms with E-state index in [4.69, 9.17) is 15.2 Å². The van der Waals surface area contributed by atoms with Crippen LogP contribution in [0.2, 0.25) is 0 Å². The van der Waals surface area contributed by atoms with E-state index in [0.29, 0.717) is 17.0 Å². The van der Waals surface area contributed by atoms with Crippen LogP contribution in [0.4, 0.5) is 10.5 Å². The number of aliphatic hydroxyl groups excluding tert-OH is 2. The molecule has 2 atom stereocenters. The maximum absolute atomic E-state index is 12.3. The van der Waals surface area contributed by atoms with Gasteiger partial charge in [-0.25, -0.2) is 4.79 Å². The molecule has 0 bridgehead atoms. The second-order valence-electron chi connectivity index (χ2n) is 8.05. The fourth-order valence-electron chi connectivity index (χ4n) is 4.26. The van der Waals surface area contributed by atoms with Gasteiger partial charge in [-0.2, -0.15) is 0 Å². The first-order chi connectivity index (χ1) is 16.0. The number of fused-ring (bicyclic) bond motifs is 3. The second kappa shape index (κ2) is 9.94. The molecule has 0 heterocycles. The van der Waals surface area contributed by atoms with Crippen molar-refractivity contribution < 1.29 is 24.5 Å². The molecule has 0 saturated carbocycles. The number of benzene rings is 3. The molecule has 0 saturated heterocycles. The first kappa shape index (κ1) is 22.6. The fraction of sp³-hybridized carbons (Fsp3) is 0.269. The standard InChI is InChI=1S/C26H28N2O5/c1-32-24-14-16(10-11-22(24)27)25(30)23(29)12-13-28-26(31)33-15-21-19-8-4-2-6-17(19)18-7-3-5-9-20(18)21/h2-11,14,21,23,25,29-30H,12-13,15,27H2,1H3,(H,28,31). The molecule has 3 aromatic carbocycles. The van der Waals surface area contributed by atoms with Gasteiger partial charge in [-0.05, 0) is 46.4 Å². The minimum absolute atomic E-state index is 0.0175. The number of nitrogens with two attached hydrogens (primary N) is 1. The van der Waals surface area contributed by atoms with Gasteiger partial charge in [0.1, 0.15) is 18.5 Å². The molecule has 7 heteroatoms. The van der Waals surface area contributed by atoms with E-state index in [9.17, 15) is 15.0 Å². The van der Waals surface area contributed by atoms with E-state index in [1.807, 2.05) is 24.3 Å². The van der Waals surface area contributed by atoms with Gasteiger partial charge in [0.15, 0.2) is 0 Å². The summed E-state index contributed by atoms with van der Waals surface area (Å²) in [6.07, 6.45) is -2.62. The molecule has 1 amide bonds. The number of carbonyl (C=O) groups excluding carboxylic acids is 1. The topological polar surface area (TPSA) is 114 Å². The van der Waals surface area contributed by atoms with E-state index in [1.54, 1.807) is 18.2 Å². The molecule has 3 aromatic rings. The first-order valence-electron chi connectivity index (χ1n) is 10.9. The number of ether oxygens (including phenoxy) is 2. The summed E-state index contributed by atoms with van der Waals surface area (Å²) < 4.78 is 10.6. The van der Waals surface area contributed by atoms with Gasteiger partial charge in [0, 0.05) is 12.5 Å². The van der Waals surface area contributed by atoms with Gasteiger partial charge in [0.2, 0.25) is 0 Å². The van der Waals surface area contributed by atoms with Crippen LogP contribution in [0.1, 0.15) is 35.1 Å². The van der Waals surface area contributed by atoms with Crippen LogP contribution in [-0.4, -0.2) is 42.7 Å². The molecular formula is C26H28N2O5. The van der Waals surface area contributed by atoms with E-state index < -0.39 is 18.3 Å². The van der Waals surface area contributed by atoms with E-state index in [2.05, 4.69) is 29.6 Å². The smallest absolute Gasteiger partial charge is 0.407 e. The fourth-order valence-corrected chi connectivity index (χ4v) is 4.26. The predicted octanol–water partition coefficient (Wildman–Crippen LogP) is 3.60. The van der Waals surface area contributed by atoms with Gasteiger partial charge in [0.25, 0.3) is 0 Å². The molecule has 1 aliphatic rings. The molecule has 0 aliphatic heterocycles. The van der Waals surface area contributed by atoms with Crippen LogP contribution < -0.4 is 15.8 Å².